The maximum absolute atomic E-state index is 12.2. The maximum atomic E-state index is 12.2. The molecular formula is C20H23N3O2S2. The van der Waals surface area contributed by atoms with Gasteiger partial charge in [0.1, 0.15) is 0 Å². The Morgan fingerprint density at radius 1 is 1.19 bits per heavy atom. The first kappa shape index (κ1) is 19.5. The number of benzene rings is 1. The number of anilines is 1. The van der Waals surface area contributed by atoms with Gasteiger partial charge >= 0.3 is 4.87 Å². The molecule has 3 aromatic rings. The largest absolute Gasteiger partial charge is 0.307 e. The number of amides is 1. The van der Waals surface area contributed by atoms with Gasteiger partial charge in [0.15, 0.2) is 5.13 Å². The first-order valence-electron chi connectivity index (χ1n) is 9.06. The number of carbonyl (C=O) groups excluding carboxylic acids is 1. The Balaban J connectivity index is 1.57. The van der Waals surface area contributed by atoms with Crippen molar-refractivity contribution in [1.82, 2.24) is 9.55 Å². The molecule has 0 aliphatic rings. The molecule has 1 amide bonds. The number of nitrogens with one attached hydrogen (secondary N) is 1. The van der Waals surface area contributed by atoms with Crippen LogP contribution in [-0.4, -0.2) is 15.5 Å². The second kappa shape index (κ2) is 9.10. The van der Waals surface area contributed by atoms with Gasteiger partial charge in [0, 0.05) is 35.0 Å². The third-order valence-electron chi connectivity index (χ3n) is 4.36. The normalized spacial score (nSPS) is 10.9. The summed E-state index contributed by atoms with van der Waals surface area (Å²) < 4.78 is 1.62. The van der Waals surface area contributed by atoms with E-state index in [2.05, 4.69) is 41.5 Å². The van der Waals surface area contributed by atoms with Crippen LogP contribution in [0.15, 0.2) is 39.8 Å². The zero-order chi connectivity index (χ0) is 19.2. The van der Waals surface area contributed by atoms with E-state index < -0.39 is 0 Å². The Morgan fingerprint density at radius 2 is 1.96 bits per heavy atom. The molecule has 0 bridgehead atoms. The molecule has 0 spiro atoms. The van der Waals surface area contributed by atoms with Crippen LogP contribution in [0.4, 0.5) is 5.13 Å². The first-order chi connectivity index (χ1) is 13.1. The van der Waals surface area contributed by atoms with Gasteiger partial charge in [-0.1, -0.05) is 48.9 Å². The van der Waals surface area contributed by atoms with Crippen LogP contribution in [0.2, 0.25) is 0 Å². The number of aromatic nitrogens is 2. The molecule has 27 heavy (non-hydrogen) atoms. The molecule has 0 saturated heterocycles. The van der Waals surface area contributed by atoms with E-state index in [1.807, 2.05) is 12.3 Å². The van der Waals surface area contributed by atoms with E-state index in [1.165, 1.54) is 29.7 Å². The fourth-order valence-electron chi connectivity index (χ4n) is 2.76. The number of aryl methyl sites for hydroxylation is 2. The van der Waals surface area contributed by atoms with Gasteiger partial charge in [-0.05, 0) is 25.3 Å². The predicted molar refractivity (Wildman–Crippen MR) is 113 cm³/mol. The van der Waals surface area contributed by atoms with E-state index in [4.69, 9.17) is 0 Å². The fourth-order valence-corrected chi connectivity index (χ4v) is 4.25. The van der Waals surface area contributed by atoms with Crippen LogP contribution in [0.3, 0.4) is 0 Å². The number of thiazole rings is 2. The summed E-state index contributed by atoms with van der Waals surface area (Å²) in [7, 11) is 0. The summed E-state index contributed by atoms with van der Waals surface area (Å²) in [5.41, 5.74) is 4.13. The Bertz CT molecular complexity index is 954. The molecule has 2 aromatic heterocycles. The molecule has 5 nitrogen and oxygen atoms in total. The summed E-state index contributed by atoms with van der Waals surface area (Å²) in [5, 5.41) is 7.17. The molecule has 0 radical (unpaired) electrons. The van der Waals surface area contributed by atoms with Crippen LogP contribution in [-0.2, 0) is 17.8 Å². The molecule has 3 rings (SSSR count). The van der Waals surface area contributed by atoms with E-state index in [9.17, 15) is 9.59 Å². The second-order valence-electron chi connectivity index (χ2n) is 6.43. The highest BCUT2D eigenvalue weighted by molar-refractivity contribution is 7.14. The molecule has 0 saturated carbocycles. The number of rotatable bonds is 8. The molecule has 1 aromatic carbocycles. The first-order valence-corrected chi connectivity index (χ1v) is 10.8. The summed E-state index contributed by atoms with van der Waals surface area (Å²) in [6, 6.07) is 8.45. The van der Waals surface area contributed by atoms with Crippen molar-refractivity contribution in [2.45, 2.75) is 46.1 Å². The van der Waals surface area contributed by atoms with Gasteiger partial charge in [-0.15, -0.1) is 11.3 Å². The van der Waals surface area contributed by atoms with Gasteiger partial charge < -0.3 is 9.88 Å². The summed E-state index contributed by atoms with van der Waals surface area (Å²) in [6.45, 7) is 4.45. The van der Waals surface area contributed by atoms with Gasteiger partial charge in [0.2, 0.25) is 5.91 Å². The molecule has 0 atom stereocenters. The van der Waals surface area contributed by atoms with Crippen molar-refractivity contribution in [1.29, 1.82) is 0 Å². The molecule has 7 heteroatoms. The highest BCUT2D eigenvalue weighted by Gasteiger charge is 2.10. The molecule has 0 aliphatic heterocycles. The van der Waals surface area contributed by atoms with Gasteiger partial charge in [-0.3, -0.25) is 9.59 Å². The van der Waals surface area contributed by atoms with Crippen molar-refractivity contribution in [3.05, 3.63) is 56.0 Å². The van der Waals surface area contributed by atoms with Crippen LogP contribution in [0, 0.1) is 6.92 Å². The summed E-state index contributed by atoms with van der Waals surface area (Å²) in [5.74, 6) is -0.136. The average molecular weight is 402 g/mol. The number of hydrogen-bond acceptors (Lipinski definition) is 5. The van der Waals surface area contributed by atoms with Gasteiger partial charge in [-0.25, -0.2) is 4.98 Å². The lowest BCUT2D eigenvalue weighted by Gasteiger charge is -2.04. The minimum absolute atomic E-state index is 0.0285. The van der Waals surface area contributed by atoms with Crippen molar-refractivity contribution >= 4 is 33.7 Å². The smallest absolute Gasteiger partial charge is 0.303 e. The minimum atomic E-state index is -0.136. The lowest BCUT2D eigenvalue weighted by Crippen LogP contribution is -2.20. The van der Waals surface area contributed by atoms with Crippen molar-refractivity contribution in [2.75, 3.05) is 5.32 Å². The highest BCUT2D eigenvalue weighted by atomic mass is 32.1. The summed E-state index contributed by atoms with van der Waals surface area (Å²) in [6.07, 6.45) is 3.74. The summed E-state index contributed by atoms with van der Waals surface area (Å²) >= 11 is 2.57. The van der Waals surface area contributed by atoms with E-state index in [0.717, 1.165) is 34.7 Å². The van der Waals surface area contributed by atoms with Crippen molar-refractivity contribution in [3.8, 4) is 11.3 Å². The lowest BCUT2D eigenvalue weighted by molar-refractivity contribution is -0.116. The molecule has 0 aliphatic carbocycles. The van der Waals surface area contributed by atoms with E-state index >= 15 is 0 Å². The summed E-state index contributed by atoms with van der Waals surface area (Å²) in [4.78, 5) is 28.3. The number of unbranched alkanes of at least 4 members (excludes halogenated alkanes) is 1. The Kier molecular flexibility index (Phi) is 6.58. The quantitative estimate of drug-likeness (QED) is 0.594. The molecule has 1 N–H and O–H groups in total. The zero-order valence-corrected chi connectivity index (χ0v) is 17.2. The Labute approximate surface area is 166 Å². The van der Waals surface area contributed by atoms with Crippen LogP contribution >= 0.6 is 22.7 Å². The molecule has 2 heterocycles. The third-order valence-corrected chi connectivity index (χ3v) is 6.00. The number of nitrogens with zero attached hydrogens (tertiary/aromatic N) is 2. The van der Waals surface area contributed by atoms with Crippen molar-refractivity contribution in [2.24, 2.45) is 0 Å². The van der Waals surface area contributed by atoms with Crippen molar-refractivity contribution < 1.29 is 4.79 Å². The van der Waals surface area contributed by atoms with Crippen LogP contribution < -0.4 is 10.2 Å². The molecule has 142 valence electrons. The SMILES string of the molecule is CCCCc1ccc(-c2csc(NC(=O)CCn3c(C)csc3=O)n2)cc1. The lowest BCUT2D eigenvalue weighted by atomic mass is 10.1. The molecule has 0 unspecified atom stereocenters. The topological polar surface area (TPSA) is 64.0 Å². The van der Waals surface area contributed by atoms with Crippen molar-refractivity contribution in [3.63, 3.8) is 0 Å². The minimum Gasteiger partial charge on any atom is -0.303 e. The van der Waals surface area contributed by atoms with Gasteiger partial charge in [-0.2, -0.15) is 0 Å². The standard InChI is InChI=1S/C20H23N3O2S2/c1-3-4-5-15-6-8-16(9-7-15)17-13-26-19(21-17)22-18(24)10-11-23-14(2)12-27-20(23)25/h6-9,12-13H,3-5,10-11H2,1-2H3,(H,21,22,24). The van der Waals surface area contributed by atoms with E-state index in [0.29, 0.717) is 11.7 Å². The zero-order valence-electron chi connectivity index (χ0n) is 15.5. The highest BCUT2D eigenvalue weighted by Crippen LogP contribution is 2.25. The van der Waals surface area contributed by atoms with Gasteiger partial charge in [0.25, 0.3) is 0 Å². The fraction of sp³-hybridized carbons (Fsp3) is 0.350. The Hall–Kier alpha value is -2.25. The number of carbonyl (C=O) groups is 1. The molecular weight excluding hydrogens is 378 g/mol. The van der Waals surface area contributed by atoms with E-state index in [-0.39, 0.29) is 17.2 Å². The predicted octanol–water partition coefficient (Wildman–Crippen LogP) is 4.71. The van der Waals surface area contributed by atoms with Gasteiger partial charge in [0.05, 0.1) is 5.69 Å². The van der Waals surface area contributed by atoms with Crippen LogP contribution in [0.5, 0.6) is 0 Å². The number of hydrogen-bond donors (Lipinski definition) is 1. The van der Waals surface area contributed by atoms with E-state index in [1.54, 1.807) is 9.95 Å². The van der Waals surface area contributed by atoms with Crippen LogP contribution in [0.25, 0.3) is 11.3 Å². The second-order valence-corrected chi connectivity index (χ2v) is 8.11. The molecule has 0 fully saturated rings. The Morgan fingerprint density at radius 3 is 2.63 bits per heavy atom. The monoisotopic (exact) mass is 401 g/mol. The third kappa shape index (κ3) is 5.14. The maximum Gasteiger partial charge on any atom is 0.307 e. The van der Waals surface area contributed by atoms with Crippen LogP contribution in [0.1, 0.15) is 37.4 Å². The average Bonchev–Trinajstić information content (AvgIpc) is 3.25.